The van der Waals surface area contributed by atoms with E-state index >= 15 is 0 Å². The van der Waals surface area contributed by atoms with Crippen LogP contribution in [0.3, 0.4) is 0 Å². The predicted molar refractivity (Wildman–Crippen MR) is 135 cm³/mol. The van der Waals surface area contributed by atoms with E-state index < -0.39 is 0 Å². The Bertz CT molecular complexity index is 821. The van der Waals surface area contributed by atoms with Crippen molar-refractivity contribution in [3.05, 3.63) is 40.4 Å². The van der Waals surface area contributed by atoms with E-state index in [1.165, 1.54) is 5.56 Å². The van der Waals surface area contributed by atoms with Crippen LogP contribution < -0.4 is 20.3 Å². The lowest BCUT2D eigenvalue weighted by Crippen LogP contribution is -2.36. The highest BCUT2D eigenvalue weighted by atomic mass is 127. The zero-order chi connectivity index (χ0) is 20.6. The summed E-state index contributed by atoms with van der Waals surface area (Å²) in [6.07, 6.45) is 2.39. The van der Waals surface area contributed by atoms with Gasteiger partial charge in [-0.2, -0.15) is 0 Å². The van der Waals surface area contributed by atoms with Crippen molar-refractivity contribution in [2.75, 3.05) is 39.3 Å². The van der Waals surface area contributed by atoms with E-state index in [0.717, 1.165) is 47.5 Å². The summed E-state index contributed by atoms with van der Waals surface area (Å²) in [6, 6.07) is 6.29. The first kappa shape index (κ1) is 24.7. The number of hydrogen-bond acceptors (Lipinski definition) is 6. The average Bonchev–Trinajstić information content (AvgIpc) is 3.39. The van der Waals surface area contributed by atoms with Gasteiger partial charge in [-0.05, 0) is 31.4 Å². The predicted octanol–water partition coefficient (Wildman–Crippen LogP) is 3.56. The number of ether oxygens (including phenoxy) is 2. The summed E-state index contributed by atoms with van der Waals surface area (Å²) >= 11 is 1.63. The molecular weight excluding hydrogens is 513 g/mol. The Morgan fingerprint density at radius 2 is 2.13 bits per heavy atom. The molecule has 2 aromatic rings. The van der Waals surface area contributed by atoms with Crippen LogP contribution in [0.2, 0.25) is 0 Å². The summed E-state index contributed by atoms with van der Waals surface area (Å²) in [4.78, 5) is 10.9. The first-order valence-electron chi connectivity index (χ1n) is 9.95. The van der Waals surface area contributed by atoms with Crippen LogP contribution in [0, 0.1) is 6.92 Å². The second-order valence-electron chi connectivity index (χ2n) is 7.35. The minimum absolute atomic E-state index is 0. The van der Waals surface area contributed by atoms with Gasteiger partial charge in [-0.15, -0.1) is 35.3 Å². The number of guanidine groups is 1. The Balaban J connectivity index is 0.00000320. The Labute approximate surface area is 200 Å². The molecule has 7 nitrogen and oxygen atoms in total. The molecule has 2 heterocycles. The minimum Gasteiger partial charge on any atom is -0.491 e. The Morgan fingerprint density at radius 1 is 1.33 bits per heavy atom. The van der Waals surface area contributed by atoms with E-state index in [1.807, 2.05) is 19.0 Å². The number of anilines is 1. The molecule has 0 bridgehead atoms. The van der Waals surface area contributed by atoms with Gasteiger partial charge in [-0.25, -0.2) is 4.98 Å². The van der Waals surface area contributed by atoms with Crippen molar-refractivity contribution in [1.29, 1.82) is 0 Å². The molecule has 1 aromatic heterocycles. The van der Waals surface area contributed by atoms with E-state index in [4.69, 9.17) is 9.47 Å². The third-order valence-electron chi connectivity index (χ3n) is 4.70. The van der Waals surface area contributed by atoms with Crippen LogP contribution in [0.1, 0.15) is 29.7 Å². The highest BCUT2D eigenvalue weighted by molar-refractivity contribution is 14.0. The Kier molecular flexibility index (Phi) is 10.1. The lowest BCUT2D eigenvalue weighted by molar-refractivity contribution is 0.0676. The van der Waals surface area contributed by atoms with E-state index in [2.05, 4.69) is 51.1 Å². The van der Waals surface area contributed by atoms with Crippen molar-refractivity contribution in [1.82, 2.24) is 15.6 Å². The quantitative estimate of drug-likeness (QED) is 0.301. The normalized spacial score (nSPS) is 16.1. The monoisotopic (exact) mass is 545 g/mol. The number of thiazole rings is 1. The first-order chi connectivity index (χ1) is 14.0. The van der Waals surface area contributed by atoms with Gasteiger partial charge in [0.1, 0.15) is 12.4 Å². The molecule has 0 amide bonds. The van der Waals surface area contributed by atoms with E-state index in [1.54, 1.807) is 18.4 Å². The standard InChI is InChI=1S/C21H31N5O2S.HI/c1-15-7-8-16(19(10-15)28-13-18-6-5-9-27-18)11-23-20(22-2)24-12-17-14-29-21(25-17)26(3)4;/h7-8,10,14,18H,5-6,9,11-13H2,1-4H3,(H2,22,23,24);1H. The van der Waals surface area contributed by atoms with Crippen molar-refractivity contribution >= 4 is 46.4 Å². The number of aliphatic imine (C=N–C) groups is 1. The lowest BCUT2D eigenvalue weighted by atomic mass is 10.1. The number of aryl methyl sites for hydroxylation is 1. The van der Waals surface area contributed by atoms with Crippen molar-refractivity contribution in [3.63, 3.8) is 0 Å². The minimum atomic E-state index is 0. The molecule has 3 rings (SSSR count). The summed E-state index contributed by atoms with van der Waals surface area (Å²) in [5.74, 6) is 1.63. The summed E-state index contributed by atoms with van der Waals surface area (Å²) < 4.78 is 11.8. The fourth-order valence-corrected chi connectivity index (χ4v) is 3.82. The SMILES string of the molecule is CN=C(NCc1csc(N(C)C)n1)NCc1ccc(C)cc1OCC1CCCO1.I. The van der Waals surface area contributed by atoms with Gasteiger partial charge < -0.3 is 25.0 Å². The second kappa shape index (κ2) is 12.3. The number of halogens is 1. The van der Waals surface area contributed by atoms with Crippen LogP contribution in [0.15, 0.2) is 28.6 Å². The molecule has 0 aliphatic carbocycles. The molecule has 0 radical (unpaired) electrons. The van der Waals surface area contributed by atoms with Gasteiger partial charge in [0.05, 0.1) is 18.3 Å². The number of rotatable bonds is 8. The largest absolute Gasteiger partial charge is 0.491 e. The second-order valence-corrected chi connectivity index (χ2v) is 8.19. The third kappa shape index (κ3) is 7.28. The van der Waals surface area contributed by atoms with Crippen molar-refractivity contribution in [2.45, 2.75) is 39.0 Å². The summed E-state index contributed by atoms with van der Waals surface area (Å²) in [5.41, 5.74) is 3.27. The van der Waals surface area contributed by atoms with Gasteiger partial charge in [-0.3, -0.25) is 4.99 Å². The van der Waals surface area contributed by atoms with Crippen LogP contribution in [0.5, 0.6) is 5.75 Å². The number of hydrogen-bond donors (Lipinski definition) is 2. The summed E-state index contributed by atoms with van der Waals surface area (Å²) in [6.45, 7) is 4.77. The van der Waals surface area contributed by atoms with Gasteiger partial charge in [-0.1, -0.05) is 12.1 Å². The van der Waals surface area contributed by atoms with Crippen molar-refractivity contribution < 1.29 is 9.47 Å². The van der Waals surface area contributed by atoms with Crippen LogP contribution in [-0.2, 0) is 17.8 Å². The zero-order valence-corrected chi connectivity index (χ0v) is 21.3. The molecule has 1 aliphatic heterocycles. The molecule has 9 heteroatoms. The zero-order valence-electron chi connectivity index (χ0n) is 18.1. The molecule has 1 saturated heterocycles. The summed E-state index contributed by atoms with van der Waals surface area (Å²) in [5, 5.41) is 9.75. The Morgan fingerprint density at radius 3 is 2.80 bits per heavy atom. The van der Waals surface area contributed by atoms with Crippen molar-refractivity contribution in [3.8, 4) is 5.75 Å². The number of nitrogens with one attached hydrogen (secondary N) is 2. The van der Waals surface area contributed by atoms with Gasteiger partial charge in [0.25, 0.3) is 0 Å². The summed E-state index contributed by atoms with van der Waals surface area (Å²) in [7, 11) is 5.76. The fraction of sp³-hybridized carbons (Fsp3) is 0.524. The van der Waals surface area contributed by atoms with E-state index in [-0.39, 0.29) is 30.1 Å². The highest BCUT2D eigenvalue weighted by Gasteiger charge is 2.17. The molecule has 30 heavy (non-hydrogen) atoms. The topological polar surface area (TPSA) is 71.0 Å². The first-order valence-corrected chi connectivity index (χ1v) is 10.8. The van der Waals surface area contributed by atoms with Gasteiger partial charge in [0, 0.05) is 45.2 Å². The molecule has 0 spiro atoms. The maximum Gasteiger partial charge on any atom is 0.191 e. The Hall–Kier alpha value is -1.59. The van der Waals surface area contributed by atoms with Crippen molar-refractivity contribution in [2.24, 2.45) is 4.99 Å². The lowest BCUT2D eigenvalue weighted by Gasteiger charge is -2.17. The molecule has 2 N–H and O–H groups in total. The maximum absolute atomic E-state index is 6.08. The fourth-order valence-electron chi connectivity index (χ4n) is 3.06. The molecular formula is C21H32IN5O2S. The van der Waals surface area contributed by atoms with Crippen LogP contribution in [0.25, 0.3) is 0 Å². The maximum atomic E-state index is 6.08. The molecule has 0 saturated carbocycles. The average molecular weight is 545 g/mol. The van der Waals surface area contributed by atoms with Gasteiger partial charge >= 0.3 is 0 Å². The van der Waals surface area contributed by atoms with Crippen LogP contribution in [0.4, 0.5) is 5.13 Å². The molecule has 1 fully saturated rings. The van der Waals surface area contributed by atoms with Crippen LogP contribution in [-0.4, -0.2) is 51.4 Å². The molecule has 1 unspecified atom stereocenters. The smallest absolute Gasteiger partial charge is 0.191 e. The number of aromatic nitrogens is 1. The highest BCUT2D eigenvalue weighted by Crippen LogP contribution is 2.22. The van der Waals surface area contributed by atoms with Gasteiger partial charge in [0.15, 0.2) is 11.1 Å². The molecule has 1 atom stereocenters. The van der Waals surface area contributed by atoms with Gasteiger partial charge in [0.2, 0.25) is 0 Å². The number of benzene rings is 1. The molecule has 1 aliphatic rings. The van der Waals surface area contributed by atoms with E-state index in [0.29, 0.717) is 19.7 Å². The number of nitrogens with zero attached hydrogens (tertiary/aromatic N) is 3. The molecule has 166 valence electrons. The third-order valence-corrected chi connectivity index (χ3v) is 5.76. The van der Waals surface area contributed by atoms with Crippen LogP contribution >= 0.6 is 35.3 Å². The van der Waals surface area contributed by atoms with E-state index in [9.17, 15) is 0 Å². The molecule has 1 aromatic carbocycles.